The number of hydrogen-bond acceptors (Lipinski definition) is 4. The van der Waals surface area contributed by atoms with E-state index in [1.54, 1.807) is 24.5 Å². The van der Waals surface area contributed by atoms with Gasteiger partial charge < -0.3 is 5.11 Å². The molecular weight excluding hydrogens is 412 g/mol. The SMILES string of the molecule is Cc1ccc(N2C(=O)C(=O)/C(=C(\O)c3cccc4ccccc34)C2c2cccnc2)c(C)c1. The van der Waals surface area contributed by atoms with Crippen molar-refractivity contribution in [3.63, 3.8) is 0 Å². The van der Waals surface area contributed by atoms with Gasteiger partial charge in [0, 0.05) is 23.6 Å². The number of Topliss-reactive ketones (excluding diaryl/α,β-unsaturated/α-hetero) is 1. The van der Waals surface area contributed by atoms with Crippen molar-refractivity contribution >= 4 is 33.9 Å². The Morgan fingerprint density at radius 3 is 2.48 bits per heavy atom. The third kappa shape index (κ3) is 3.38. The number of amides is 1. The fourth-order valence-corrected chi connectivity index (χ4v) is 4.59. The molecule has 1 saturated heterocycles. The van der Waals surface area contributed by atoms with E-state index in [9.17, 15) is 14.7 Å². The van der Waals surface area contributed by atoms with Crippen LogP contribution in [0.4, 0.5) is 5.69 Å². The molecule has 1 aliphatic rings. The van der Waals surface area contributed by atoms with Crippen LogP contribution < -0.4 is 4.90 Å². The van der Waals surface area contributed by atoms with Gasteiger partial charge in [-0.3, -0.25) is 19.5 Å². The van der Waals surface area contributed by atoms with E-state index in [1.807, 2.05) is 74.5 Å². The van der Waals surface area contributed by atoms with Crippen LogP contribution in [-0.2, 0) is 9.59 Å². The number of aryl methyl sites for hydroxylation is 2. The Morgan fingerprint density at radius 1 is 0.939 bits per heavy atom. The minimum atomic E-state index is -0.793. The van der Waals surface area contributed by atoms with Crippen LogP contribution in [0.5, 0.6) is 0 Å². The van der Waals surface area contributed by atoms with E-state index in [4.69, 9.17) is 0 Å². The Labute approximate surface area is 191 Å². The number of carbonyl (C=O) groups is 2. The van der Waals surface area contributed by atoms with Crippen LogP contribution in [0.3, 0.4) is 0 Å². The van der Waals surface area contributed by atoms with Crippen molar-refractivity contribution in [1.29, 1.82) is 0 Å². The highest BCUT2D eigenvalue weighted by Gasteiger charge is 2.47. The molecule has 0 bridgehead atoms. The fraction of sp³-hybridized carbons (Fsp3) is 0.107. The molecule has 1 unspecified atom stereocenters. The second-order valence-corrected chi connectivity index (χ2v) is 8.27. The molecule has 5 heteroatoms. The molecule has 0 radical (unpaired) electrons. The Bertz CT molecular complexity index is 1440. The second kappa shape index (κ2) is 8.02. The number of ketones is 1. The van der Waals surface area contributed by atoms with Gasteiger partial charge in [0.15, 0.2) is 0 Å². The van der Waals surface area contributed by atoms with Crippen LogP contribution in [0.1, 0.15) is 28.3 Å². The van der Waals surface area contributed by atoms with Crippen molar-refractivity contribution in [2.75, 3.05) is 4.90 Å². The monoisotopic (exact) mass is 434 g/mol. The molecule has 4 aromatic rings. The molecule has 1 aliphatic heterocycles. The minimum Gasteiger partial charge on any atom is -0.507 e. The average Bonchev–Trinajstić information content (AvgIpc) is 3.09. The van der Waals surface area contributed by atoms with Gasteiger partial charge in [-0.05, 0) is 47.9 Å². The number of benzene rings is 3. The standard InChI is InChI=1S/C28H22N2O3/c1-17-12-13-23(18(2)15-17)30-25(20-9-6-14-29-16-20)24(27(32)28(30)33)26(31)22-11-5-8-19-7-3-4-10-21(19)22/h3-16,25,31H,1-2H3/b26-24-. The molecule has 1 aromatic heterocycles. The molecule has 1 N–H and O–H groups in total. The molecule has 1 amide bonds. The number of pyridine rings is 1. The molecule has 2 heterocycles. The summed E-state index contributed by atoms with van der Waals surface area (Å²) in [4.78, 5) is 32.4. The van der Waals surface area contributed by atoms with Gasteiger partial charge in [-0.2, -0.15) is 0 Å². The molecule has 1 fully saturated rings. The highest BCUT2D eigenvalue weighted by molar-refractivity contribution is 6.52. The van der Waals surface area contributed by atoms with Gasteiger partial charge in [0.2, 0.25) is 0 Å². The van der Waals surface area contributed by atoms with Gasteiger partial charge in [0.05, 0.1) is 11.6 Å². The van der Waals surface area contributed by atoms with Crippen LogP contribution in [-0.4, -0.2) is 21.8 Å². The number of aliphatic hydroxyl groups is 1. The summed E-state index contributed by atoms with van der Waals surface area (Å²) in [5.41, 5.74) is 3.79. The molecule has 0 aliphatic carbocycles. The maximum absolute atomic E-state index is 13.4. The molecule has 162 valence electrons. The maximum Gasteiger partial charge on any atom is 0.300 e. The van der Waals surface area contributed by atoms with Gasteiger partial charge in [-0.1, -0.05) is 66.2 Å². The number of aliphatic hydroxyl groups excluding tert-OH is 1. The molecule has 33 heavy (non-hydrogen) atoms. The van der Waals surface area contributed by atoms with E-state index in [2.05, 4.69) is 4.98 Å². The van der Waals surface area contributed by atoms with Crippen molar-refractivity contribution in [3.05, 3.63) is 113 Å². The number of carbonyl (C=O) groups excluding carboxylic acids is 2. The van der Waals surface area contributed by atoms with E-state index in [1.165, 1.54) is 4.90 Å². The van der Waals surface area contributed by atoms with Crippen molar-refractivity contribution in [2.24, 2.45) is 0 Å². The number of rotatable bonds is 3. The maximum atomic E-state index is 13.4. The molecule has 3 aromatic carbocycles. The zero-order chi connectivity index (χ0) is 23.1. The van der Waals surface area contributed by atoms with E-state index in [0.717, 1.165) is 21.9 Å². The first kappa shape index (κ1) is 20.6. The zero-order valence-corrected chi connectivity index (χ0v) is 18.3. The van der Waals surface area contributed by atoms with Crippen LogP contribution in [0, 0.1) is 13.8 Å². The Hall–Kier alpha value is -4.25. The summed E-state index contributed by atoms with van der Waals surface area (Å²) >= 11 is 0. The first-order chi connectivity index (χ1) is 16.0. The van der Waals surface area contributed by atoms with Crippen LogP contribution in [0.25, 0.3) is 16.5 Å². The zero-order valence-electron chi connectivity index (χ0n) is 18.3. The normalized spacial score (nSPS) is 17.6. The summed E-state index contributed by atoms with van der Waals surface area (Å²) in [6, 6.07) is 21.7. The first-order valence-corrected chi connectivity index (χ1v) is 10.7. The quantitative estimate of drug-likeness (QED) is 0.263. The van der Waals surface area contributed by atoms with Gasteiger partial charge in [0.1, 0.15) is 5.76 Å². The topological polar surface area (TPSA) is 70.5 Å². The smallest absolute Gasteiger partial charge is 0.300 e. The number of nitrogens with zero attached hydrogens (tertiary/aromatic N) is 2. The summed E-state index contributed by atoms with van der Waals surface area (Å²) < 4.78 is 0. The summed E-state index contributed by atoms with van der Waals surface area (Å²) in [5, 5.41) is 13.2. The number of hydrogen-bond donors (Lipinski definition) is 1. The highest BCUT2D eigenvalue weighted by atomic mass is 16.3. The van der Waals surface area contributed by atoms with Gasteiger partial charge in [-0.25, -0.2) is 0 Å². The summed E-state index contributed by atoms with van der Waals surface area (Å²) in [6.45, 7) is 3.89. The Balaban J connectivity index is 1.79. The van der Waals surface area contributed by atoms with Gasteiger partial charge in [0.25, 0.3) is 11.7 Å². The Morgan fingerprint density at radius 2 is 1.73 bits per heavy atom. The Kier molecular flexibility index (Phi) is 5.02. The van der Waals surface area contributed by atoms with Crippen molar-refractivity contribution in [3.8, 4) is 0 Å². The molecule has 5 rings (SSSR count). The molecule has 0 spiro atoms. The number of fused-ring (bicyclic) bond motifs is 1. The first-order valence-electron chi connectivity index (χ1n) is 10.7. The predicted octanol–water partition coefficient (Wildman–Crippen LogP) is 5.48. The average molecular weight is 434 g/mol. The summed E-state index contributed by atoms with van der Waals surface area (Å²) in [6.07, 6.45) is 3.26. The lowest BCUT2D eigenvalue weighted by molar-refractivity contribution is -0.132. The fourth-order valence-electron chi connectivity index (χ4n) is 4.59. The van der Waals surface area contributed by atoms with E-state index >= 15 is 0 Å². The third-order valence-electron chi connectivity index (χ3n) is 6.10. The van der Waals surface area contributed by atoms with Crippen LogP contribution >= 0.6 is 0 Å². The van der Waals surface area contributed by atoms with E-state index < -0.39 is 17.7 Å². The molecule has 0 saturated carbocycles. The largest absolute Gasteiger partial charge is 0.507 e. The lowest BCUT2D eigenvalue weighted by Gasteiger charge is -2.26. The summed E-state index contributed by atoms with van der Waals surface area (Å²) in [5.74, 6) is -1.57. The number of anilines is 1. The minimum absolute atomic E-state index is 0.0596. The third-order valence-corrected chi connectivity index (χ3v) is 6.10. The molecule has 5 nitrogen and oxygen atoms in total. The molecule has 1 atom stereocenters. The molecular formula is C28H22N2O3. The van der Waals surface area contributed by atoms with E-state index in [-0.39, 0.29) is 11.3 Å². The predicted molar refractivity (Wildman–Crippen MR) is 129 cm³/mol. The van der Waals surface area contributed by atoms with Gasteiger partial charge in [-0.15, -0.1) is 0 Å². The number of aromatic nitrogens is 1. The van der Waals surface area contributed by atoms with E-state index in [0.29, 0.717) is 16.8 Å². The van der Waals surface area contributed by atoms with Crippen molar-refractivity contribution in [1.82, 2.24) is 4.98 Å². The lowest BCUT2D eigenvalue weighted by Crippen LogP contribution is -2.30. The highest BCUT2D eigenvalue weighted by Crippen LogP contribution is 2.43. The summed E-state index contributed by atoms with van der Waals surface area (Å²) in [7, 11) is 0. The second-order valence-electron chi connectivity index (χ2n) is 8.27. The van der Waals surface area contributed by atoms with Crippen LogP contribution in [0.2, 0.25) is 0 Å². The van der Waals surface area contributed by atoms with Gasteiger partial charge >= 0.3 is 0 Å². The van der Waals surface area contributed by atoms with Crippen molar-refractivity contribution in [2.45, 2.75) is 19.9 Å². The van der Waals surface area contributed by atoms with Crippen LogP contribution in [0.15, 0.2) is 90.8 Å². The van der Waals surface area contributed by atoms with Crippen molar-refractivity contribution < 1.29 is 14.7 Å². The lowest BCUT2D eigenvalue weighted by atomic mass is 9.94.